The van der Waals surface area contributed by atoms with Crippen molar-refractivity contribution in [3.05, 3.63) is 47.5 Å². The first kappa shape index (κ1) is 51.5. The number of amides is 6. The van der Waals surface area contributed by atoms with Crippen molar-refractivity contribution in [1.82, 2.24) is 31.5 Å². The van der Waals surface area contributed by atoms with Crippen molar-refractivity contribution in [2.45, 2.75) is 123 Å². The van der Waals surface area contributed by atoms with Crippen LogP contribution in [0.15, 0.2) is 36.4 Å². The van der Waals surface area contributed by atoms with Crippen LogP contribution in [0.4, 0.5) is 9.59 Å². The smallest absolute Gasteiger partial charge is 0.408 e. The molecule has 340 valence electrons. The molecule has 11 N–H and O–H groups in total. The van der Waals surface area contributed by atoms with Crippen LogP contribution in [-0.4, -0.2) is 120 Å². The van der Waals surface area contributed by atoms with E-state index in [1.165, 1.54) is 11.0 Å². The lowest BCUT2D eigenvalue weighted by molar-refractivity contribution is -0.139. The number of rotatable bonds is 22. The number of likely N-dealkylation sites (N-methyl/N-ethyl adjacent to an activating group) is 1. The molecular formula is C43H68N8O10. The molecule has 0 heterocycles. The van der Waals surface area contributed by atoms with Gasteiger partial charge < -0.3 is 62.6 Å². The minimum Gasteiger partial charge on any atom is -0.508 e. The number of nitrogens with two attached hydrogens (primary N) is 2. The quantitative estimate of drug-likeness (QED) is 0.0774. The predicted octanol–water partition coefficient (Wildman–Crippen LogP) is 2.84. The molecule has 0 saturated carbocycles. The lowest BCUT2D eigenvalue weighted by Gasteiger charge is -2.29. The highest BCUT2D eigenvalue weighted by atomic mass is 16.6. The van der Waals surface area contributed by atoms with Crippen molar-refractivity contribution >= 4 is 35.8 Å². The zero-order valence-corrected chi connectivity index (χ0v) is 36.9. The minimum absolute atomic E-state index is 0.0231. The summed E-state index contributed by atoms with van der Waals surface area (Å²) in [7, 11) is 0. The van der Waals surface area contributed by atoms with Gasteiger partial charge in [-0.25, -0.2) is 9.59 Å². The Hall–Kier alpha value is -5.62. The highest BCUT2D eigenvalue weighted by molar-refractivity contribution is 5.93. The minimum atomic E-state index is -1.36. The molecule has 2 aromatic carbocycles. The number of benzene rings is 2. The fourth-order valence-electron chi connectivity index (χ4n) is 5.99. The van der Waals surface area contributed by atoms with E-state index in [0.29, 0.717) is 42.6 Å². The van der Waals surface area contributed by atoms with Gasteiger partial charge in [0.25, 0.3) is 0 Å². The Morgan fingerprint density at radius 3 is 1.92 bits per heavy atom. The lowest BCUT2D eigenvalue weighted by Crippen LogP contribution is -2.56. The number of aryl methyl sites for hydroxylation is 1. The molecule has 0 aliphatic rings. The molecule has 0 unspecified atom stereocenters. The molecule has 2 rings (SSSR count). The van der Waals surface area contributed by atoms with E-state index in [2.05, 4.69) is 26.6 Å². The van der Waals surface area contributed by atoms with E-state index in [1.807, 2.05) is 0 Å². The number of ether oxygens (including phenoxy) is 2. The molecule has 6 amide bonds. The summed E-state index contributed by atoms with van der Waals surface area (Å²) in [6.07, 6.45) is -0.482. The van der Waals surface area contributed by atoms with Gasteiger partial charge in [-0.1, -0.05) is 12.1 Å². The molecule has 18 heteroatoms. The van der Waals surface area contributed by atoms with E-state index in [-0.39, 0.29) is 69.3 Å². The van der Waals surface area contributed by atoms with Gasteiger partial charge in [0.05, 0.1) is 6.54 Å². The second-order valence-corrected chi connectivity index (χ2v) is 16.8. The third-order valence-corrected chi connectivity index (χ3v) is 9.01. The first-order valence-corrected chi connectivity index (χ1v) is 20.7. The Morgan fingerprint density at radius 2 is 1.31 bits per heavy atom. The maximum absolute atomic E-state index is 14.2. The lowest BCUT2D eigenvalue weighted by atomic mass is 9.97. The molecule has 0 fully saturated rings. The summed E-state index contributed by atoms with van der Waals surface area (Å²) in [5.74, 6) is -2.06. The number of phenols is 2. The topological polar surface area (TPSA) is 277 Å². The standard InChI is InChI=1S/C43H68N8O10/c1-9-51(26-37(55)46-19-10-12-31(45)25-36(54)47-21-18-44)39(57)32(13-11-20-48-40(58)60-42(3,4)5)49-38(56)33(50-41(59)61-43(6,7)8)24-30-23-29(15-17-35(30)53)28-14-16-34(52)27(2)22-28/h14-17,22-23,31-33,52-53H,9-13,18-21,24-26,44-45H2,1-8H3,(H,46,55)(H,47,54)(H,48,58)(H,49,56)(H,50,59)/t31-,32-,33-/m0/s1. The highest BCUT2D eigenvalue weighted by Crippen LogP contribution is 2.30. The van der Waals surface area contributed by atoms with Crippen LogP contribution in [0.2, 0.25) is 0 Å². The average Bonchev–Trinajstić information content (AvgIpc) is 3.15. The number of nitrogens with one attached hydrogen (secondary N) is 5. The summed E-state index contributed by atoms with van der Waals surface area (Å²) in [6, 6.07) is 6.84. The number of nitrogens with zero attached hydrogens (tertiary/aromatic N) is 1. The molecule has 2 aromatic rings. The Bertz CT molecular complexity index is 1790. The van der Waals surface area contributed by atoms with Crippen LogP contribution in [0.1, 0.15) is 91.7 Å². The molecule has 0 radical (unpaired) electrons. The number of phenolic OH excluding ortho intramolecular Hbond substituents is 2. The summed E-state index contributed by atoms with van der Waals surface area (Å²) in [5, 5.41) is 34.4. The van der Waals surface area contributed by atoms with Crippen LogP contribution in [0.25, 0.3) is 11.1 Å². The summed E-state index contributed by atoms with van der Waals surface area (Å²) in [4.78, 5) is 80.0. The van der Waals surface area contributed by atoms with E-state index in [4.69, 9.17) is 20.9 Å². The first-order valence-electron chi connectivity index (χ1n) is 20.7. The van der Waals surface area contributed by atoms with Gasteiger partial charge in [-0.15, -0.1) is 0 Å². The predicted molar refractivity (Wildman–Crippen MR) is 231 cm³/mol. The van der Waals surface area contributed by atoms with Crippen molar-refractivity contribution in [2.75, 3.05) is 39.3 Å². The van der Waals surface area contributed by atoms with Crippen LogP contribution in [0.5, 0.6) is 11.5 Å². The Labute approximate surface area is 359 Å². The fourth-order valence-corrected chi connectivity index (χ4v) is 5.99. The summed E-state index contributed by atoms with van der Waals surface area (Å²) < 4.78 is 10.8. The first-order chi connectivity index (χ1) is 28.5. The third kappa shape index (κ3) is 20.0. The van der Waals surface area contributed by atoms with Crippen LogP contribution in [0.3, 0.4) is 0 Å². The average molecular weight is 857 g/mol. The summed E-state index contributed by atoms with van der Waals surface area (Å²) in [6.45, 7) is 14.4. The van der Waals surface area contributed by atoms with Crippen molar-refractivity contribution in [3.63, 3.8) is 0 Å². The molecule has 61 heavy (non-hydrogen) atoms. The normalized spacial score (nSPS) is 12.9. The zero-order valence-electron chi connectivity index (χ0n) is 36.9. The Morgan fingerprint density at radius 1 is 0.738 bits per heavy atom. The van der Waals surface area contributed by atoms with Gasteiger partial charge in [-0.05, 0) is 128 Å². The molecule has 0 bridgehead atoms. The number of carbonyl (C=O) groups excluding carboxylic acids is 6. The largest absolute Gasteiger partial charge is 0.508 e. The van der Waals surface area contributed by atoms with Crippen molar-refractivity contribution in [3.8, 4) is 22.6 Å². The SMILES string of the molecule is CCN(CC(=O)NCCC[C@H](N)CC(=O)NCCN)C(=O)[C@H](CCCNC(=O)OC(C)(C)C)NC(=O)[C@H](Cc1cc(-c2ccc(O)c(C)c2)ccc1O)NC(=O)OC(C)(C)C. The third-order valence-electron chi connectivity index (χ3n) is 9.01. The molecular weight excluding hydrogens is 789 g/mol. The molecule has 0 aliphatic heterocycles. The van der Waals surface area contributed by atoms with Crippen molar-refractivity contribution in [2.24, 2.45) is 11.5 Å². The maximum atomic E-state index is 14.2. The van der Waals surface area contributed by atoms with Crippen molar-refractivity contribution < 1.29 is 48.5 Å². The summed E-state index contributed by atoms with van der Waals surface area (Å²) in [5.41, 5.74) is 12.2. The number of carbonyl (C=O) groups is 6. The molecule has 18 nitrogen and oxygen atoms in total. The number of hydrogen-bond donors (Lipinski definition) is 9. The number of aromatic hydroxyl groups is 2. The molecule has 0 saturated heterocycles. The van der Waals surface area contributed by atoms with Crippen LogP contribution >= 0.6 is 0 Å². The van der Waals surface area contributed by atoms with E-state index >= 15 is 0 Å². The number of hydrogen-bond acceptors (Lipinski definition) is 12. The number of alkyl carbamates (subject to hydrolysis) is 2. The van der Waals surface area contributed by atoms with Crippen LogP contribution in [-0.2, 0) is 35.1 Å². The van der Waals surface area contributed by atoms with Gasteiger partial charge in [-0.2, -0.15) is 0 Å². The van der Waals surface area contributed by atoms with E-state index < -0.39 is 59.2 Å². The van der Waals surface area contributed by atoms with E-state index in [0.717, 1.165) is 5.56 Å². The van der Waals surface area contributed by atoms with E-state index in [1.54, 1.807) is 85.7 Å². The van der Waals surface area contributed by atoms with Crippen molar-refractivity contribution in [1.29, 1.82) is 0 Å². The van der Waals surface area contributed by atoms with Crippen LogP contribution < -0.4 is 38.1 Å². The molecule has 0 aromatic heterocycles. The summed E-state index contributed by atoms with van der Waals surface area (Å²) >= 11 is 0. The Balaban J connectivity index is 2.32. The van der Waals surface area contributed by atoms with Gasteiger partial charge in [0, 0.05) is 51.6 Å². The second kappa shape index (κ2) is 24.6. The maximum Gasteiger partial charge on any atom is 0.408 e. The van der Waals surface area contributed by atoms with Gasteiger partial charge in [0.1, 0.15) is 34.8 Å². The van der Waals surface area contributed by atoms with Gasteiger partial charge in [0.15, 0.2) is 0 Å². The van der Waals surface area contributed by atoms with Crippen LogP contribution in [0, 0.1) is 6.92 Å². The molecule has 0 spiro atoms. The Kier molecular flexibility index (Phi) is 20.8. The zero-order chi connectivity index (χ0) is 45.9. The second-order valence-electron chi connectivity index (χ2n) is 16.8. The van der Waals surface area contributed by atoms with E-state index in [9.17, 15) is 39.0 Å². The van der Waals surface area contributed by atoms with Gasteiger partial charge >= 0.3 is 12.2 Å². The van der Waals surface area contributed by atoms with Gasteiger partial charge in [-0.3, -0.25) is 19.2 Å². The molecule has 3 atom stereocenters. The monoisotopic (exact) mass is 857 g/mol. The van der Waals surface area contributed by atoms with Gasteiger partial charge in [0.2, 0.25) is 23.6 Å². The highest BCUT2D eigenvalue weighted by Gasteiger charge is 2.32. The fraction of sp³-hybridized carbons (Fsp3) is 0.581. The molecule has 0 aliphatic carbocycles.